The standard InChI is InChI=1S/C8H15NS/c1-4-7-8(10)9(5-2)6-3/h4,7H,5-6H2,1-3H3/b7-4+. The number of likely N-dealkylation sites (N-methyl/N-ethyl adjacent to an activating group) is 1. The Hall–Kier alpha value is -0.370. The van der Waals surface area contributed by atoms with E-state index in [0.717, 1.165) is 18.1 Å². The van der Waals surface area contributed by atoms with E-state index in [1.54, 1.807) is 0 Å². The maximum Gasteiger partial charge on any atom is 0.101 e. The molecular weight excluding hydrogens is 142 g/mol. The lowest BCUT2D eigenvalue weighted by molar-refractivity contribution is 0.476. The summed E-state index contributed by atoms with van der Waals surface area (Å²) in [6, 6.07) is 0. The zero-order chi connectivity index (χ0) is 7.98. The molecule has 0 atom stereocenters. The predicted octanol–water partition coefficient (Wildman–Crippen LogP) is 2.23. The molecule has 0 amide bonds. The number of nitrogens with zero attached hydrogens (tertiary/aromatic N) is 1. The third-order valence-corrected chi connectivity index (χ3v) is 1.78. The number of thiocarbonyl (C=S) groups is 1. The summed E-state index contributed by atoms with van der Waals surface area (Å²) < 4.78 is 0. The summed E-state index contributed by atoms with van der Waals surface area (Å²) in [7, 11) is 0. The normalized spacial score (nSPS) is 10.3. The van der Waals surface area contributed by atoms with Crippen LogP contribution in [-0.2, 0) is 0 Å². The van der Waals surface area contributed by atoms with Gasteiger partial charge in [-0.3, -0.25) is 0 Å². The van der Waals surface area contributed by atoms with Gasteiger partial charge in [-0.05, 0) is 26.8 Å². The van der Waals surface area contributed by atoms with Gasteiger partial charge in [-0.2, -0.15) is 0 Å². The van der Waals surface area contributed by atoms with Gasteiger partial charge in [0.05, 0.1) is 0 Å². The molecule has 0 radical (unpaired) electrons. The highest BCUT2D eigenvalue weighted by Crippen LogP contribution is 1.92. The first-order valence-electron chi connectivity index (χ1n) is 3.67. The molecule has 10 heavy (non-hydrogen) atoms. The molecule has 58 valence electrons. The first kappa shape index (κ1) is 9.63. The molecule has 0 fully saturated rings. The summed E-state index contributed by atoms with van der Waals surface area (Å²) in [4.78, 5) is 3.09. The molecule has 0 aromatic rings. The molecule has 0 N–H and O–H groups in total. The molecule has 1 nitrogen and oxygen atoms in total. The SMILES string of the molecule is C/C=C/C(=S)N(CC)CC. The molecule has 0 saturated heterocycles. The lowest BCUT2D eigenvalue weighted by Crippen LogP contribution is -2.27. The van der Waals surface area contributed by atoms with Crippen molar-refractivity contribution in [3.05, 3.63) is 12.2 Å². The summed E-state index contributed by atoms with van der Waals surface area (Å²) in [6.07, 6.45) is 3.93. The van der Waals surface area contributed by atoms with Crippen molar-refractivity contribution in [1.82, 2.24) is 4.90 Å². The average molecular weight is 157 g/mol. The first-order valence-corrected chi connectivity index (χ1v) is 4.08. The van der Waals surface area contributed by atoms with Crippen molar-refractivity contribution in [3.8, 4) is 0 Å². The molecule has 0 unspecified atom stereocenters. The van der Waals surface area contributed by atoms with E-state index in [4.69, 9.17) is 12.2 Å². The fourth-order valence-electron chi connectivity index (χ4n) is 0.783. The Balaban J connectivity index is 3.89. The molecule has 0 heterocycles. The minimum Gasteiger partial charge on any atom is -0.363 e. The van der Waals surface area contributed by atoms with E-state index in [2.05, 4.69) is 18.7 Å². The van der Waals surface area contributed by atoms with Crippen LogP contribution in [0.25, 0.3) is 0 Å². The van der Waals surface area contributed by atoms with Gasteiger partial charge in [0, 0.05) is 13.1 Å². The van der Waals surface area contributed by atoms with Crippen LogP contribution in [0.4, 0.5) is 0 Å². The topological polar surface area (TPSA) is 3.24 Å². The third kappa shape index (κ3) is 2.97. The summed E-state index contributed by atoms with van der Waals surface area (Å²) in [5, 5.41) is 0. The highest BCUT2D eigenvalue weighted by molar-refractivity contribution is 7.80. The van der Waals surface area contributed by atoms with E-state index in [1.807, 2.05) is 19.1 Å². The molecule has 0 aliphatic carbocycles. The molecular formula is C8H15NS. The van der Waals surface area contributed by atoms with Crippen molar-refractivity contribution in [2.75, 3.05) is 13.1 Å². The van der Waals surface area contributed by atoms with Gasteiger partial charge in [-0.15, -0.1) is 0 Å². The quantitative estimate of drug-likeness (QED) is 0.456. The summed E-state index contributed by atoms with van der Waals surface area (Å²) in [5.74, 6) is 0. The van der Waals surface area contributed by atoms with Crippen molar-refractivity contribution in [2.24, 2.45) is 0 Å². The Labute approximate surface area is 68.7 Å². The molecule has 2 heteroatoms. The van der Waals surface area contributed by atoms with E-state index in [-0.39, 0.29) is 0 Å². The van der Waals surface area contributed by atoms with Gasteiger partial charge in [0.15, 0.2) is 0 Å². The van der Waals surface area contributed by atoms with Crippen LogP contribution >= 0.6 is 12.2 Å². The molecule has 0 aromatic heterocycles. The van der Waals surface area contributed by atoms with Gasteiger partial charge >= 0.3 is 0 Å². The Morgan fingerprint density at radius 1 is 1.40 bits per heavy atom. The summed E-state index contributed by atoms with van der Waals surface area (Å²) >= 11 is 5.11. The fourth-order valence-corrected chi connectivity index (χ4v) is 1.18. The van der Waals surface area contributed by atoms with Gasteiger partial charge in [0.1, 0.15) is 4.99 Å². The van der Waals surface area contributed by atoms with Crippen LogP contribution in [-0.4, -0.2) is 23.0 Å². The lowest BCUT2D eigenvalue weighted by atomic mass is 10.4. The van der Waals surface area contributed by atoms with Crippen molar-refractivity contribution in [1.29, 1.82) is 0 Å². The van der Waals surface area contributed by atoms with Crippen molar-refractivity contribution in [3.63, 3.8) is 0 Å². The fraction of sp³-hybridized carbons (Fsp3) is 0.625. The van der Waals surface area contributed by atoms with Gasteiger partial charge < -0.3 is 4.90 Å². The van der Waals surface area contributed by atoms with Crippen LogP contribution in [0.1, 0.15) is 20.8 Å². The minimum absolute atomic E-state index is 0.938. The van der Waals surface area contributed by atoms with E-state index in [1.165, 1.54) is 0 Å². The largest absolute Gasteiger partial charge is 0.363 e. The third-order valence-electron chi connectivity index (χ3n) is 1.38. The Morgan fingerprint density at radius 2 is 1.90 bits per heavy atom. The van der Waals surface area contributed by atoms with Crippen LogP contribution in [0.2, 0.25) is 0 Å². The lowest BCUT2D eigenvalue weighted by Gasteiger charge is -2.18. The van der Waals surface area contributed by atoms with E-state index >= 15 is 0 Å². The molecule has 0 saturated carbocycles. The van der Waals surface area contributed by atoms with Crippen molar-refractivity contribution < 1.29 is 0 Å². The second-order valence-corrected chi connectivity index (χ2v) is 2.43. The molecule has 0 rings (SSSR count). The summed E-state index contributed by atoms with van der Waals surface area (Å²) in [5.41, 5.74) is 0. The van der Waals surface area contributed by atoms with Crippen molar-refractivity contribution in [2.45, 2.75) is 20.8 Å². The maximum atomic E-state index is 5.11. The average Bonchev–Trinajstić information content (AvgIpc) is 1.91. The monoisotopic (exact) mass is 157 g/mol. The Bertz CT molecular complexity index is 125. The first-order chi connectivity index (χ1) is 4.76. The Kier molecular flexibility index (Phi) is 5.22. The molecule has 0 aliphatic rings. The van der Waals surface area contributed by atoms with Gasteiger partial charge in [-0.25, -0.2) is 0 Å². The minimum atomic E-state index is 0.938. The maximum absolute atomic E-state index is 5.11. The van der Waals surface area contributed by atoms with Gasteiger partial charge in [0.25, 0.3) is 0 Å². The number of hydrogen-bond acceptors (Lipinski definition) is 1. The van der Waals surface area contributed by atoms with Crippen LogP contribution in [0.3, 0.4) is 0 Å². The molecule has 0 aromatic carbocycles. The van der Waals surface area contributed by atoms with Crippen LogP contribution in [0.5, 0.6) is 0 Å². The van der Waals surface area contributed by atoms with E-state index < -0.39 is 0 Å². The number of rotatable bonds is 3. The van der Waals surface area contributed by atoms with Crippen LogP contribution < -0.4 is 0 Å². The molecule has 0 spiro atoms. The number of hydrogen-bond donors (Lipinski definition) is 0. The smallest absolute Gasteiger partial charge is 0.101 e. The number of allylic oxidation sites excluding steroid dienone is 1. The van der Waals surface area contributed by atoms with Crippen LogP contribution in [0.15, 0.2) is 12.2 Å². The van der Waals surface area contributed by atoms with Gasteiger partial charge in [0.2, 0.25) is 0 Å². The predicted molar refractivity (Wildman–Crippen MR) is 50.3 cm³/mol. The van der Waals surface area contributed by atoms with Crippen LogP contribution in [0, 0.1) is 0 Å². The summed E-state index contributed by atoms with van der Waals surface area (Å²) in [6.45, 7) is 8.20. The highest BCUT2D eigenvalue weighted by Gasteiger charge is 1.98. The van der Waals surface area contributed by atoms with E-state index in [9.17, 15) is 0 Å². The zero-order valence-corrected chi connectivity index (χ0v) is 7.74. The molecule has 0 bridgehead atoms. The molecule has 0 aliphatic heterocycles. The zero-order valence-electron chi connectivity index (χ0n) is 6.92. The van der Waals surface area contributed by atoms with Crippen molar-refractivity contribution >= 4 is 17.2 Å². The Morgan fingerprint density at radius 3 is 2.20 bits per heavy atom. The second-order valence-electron chi connectivity index (χ2n) is 2.01. The highest BCUT2D eigenvalue weighted by atomic mass is 32.1. The van der Waals surface area contributed by atoms with Gasteiger partial charge in [-0.1, -0.05) is 18.3 Å². The second kappa shape index (κ2) is 5.42. The van der Waals surface area contributed by atoms with E-state index in [0.29, 0.717) is 0 Å².